The van der Waals surface area contributed by atoms with Crippen molar-refractivity contribution in [2.75, 3.05) is 7.05 Å². The van der Waals surface area contributed by atoms with Crippen molar-refractivity contribution in [2.45, 2.75) is 4.90 Å². The lowest BCUT2D eigenvalue weighted by Gasteiger charge is -2.03. The highest BCUT2D eigenvalue weighted by atomic mass is 35.5. The van der Waals surface area contributed by atoms with Crippen LogP contribution in [0.25, 0.3) is 10.9 Å². The first-order chi connectivity index (χ1) is 7.53. The van der Waals surface area contributed by atoms with Gasteiger partial charge in [0.2, 0.25) is 10.0 Å². The van der Waals surface area contributed by atoms with E-state index in [0.29, 0.717) is 10.7 Å². The van der Waals surface area contributed by atoms with E-state index in [2.05, 4.69) is 9.71 Å². The molecule has 0 saturated carbocycles. The molecule has 0 amide bonds. The maximum absolute atomic E-state index is 11.6. The van der Waals surface area contributed by atoms with Gasteiger partial charge in [0, 0.05) is 5.39 Å². The largest absolute Gasteiger partial charge is 0.240 e. The van der Waals surface area contributed by atoms with Crippen LogP contribution >= 0.6 is 11.6 Å². The van der Waals surface area contributed by atoms with Gasteiger partial charge in [-0.1, -0.05) is 11.6 Å². The number of nitrogens with zero attached hydrogens (tertiary/aromatic N) is 1. The van der Waals surface area contributed by atoms with Crippen LogP contribution in [0.4, 0.5) is 0 Å². The number of pyridine rings is 1. The van der Waals surface area contributed by atoms with Crippen LogP contribution in [0.2, 0.25) is 5.15 Å². The van der Waals surface area contributed by atoms with Gasteiger partial charge in [0.05, 0.1) is 10.4 Å². The van der Waals surface area contributed by atoms with E-state index in [0.717, 1.165) is 5.39 Å². The smallest absolute Gasteiger partial charge is 0.236 e. The first-order valence-corrected chi connectivity index (χ1v) is 6.39. The molecule has 0 atom stereocenters. The minimum Gasteiger partial charge on any atom is -0.236 e. The highest BCUT2D eigenvalue weighted by Gasteiger charge is 2.11. The van der Waals surface area contributed by atoms with Gasteiger partial charge in [0.25, 0.3) is 0 Å². The van der Waals surface area contributed by atoms with E-state index in [1.807, 2.05) is 0 Å². The van der Waals surface area contributed by atoms with Gasteiger partial charge in [-0.05, 0) is 37.4 Å². The van der Waals surface area contributed by atoms with Crippen molar-refractivity contribution in [3.8, 4) is 0 Å². The number of benzene rings is 1. The topological polar surface area (TPSA) is 59.1 Å². The van der Waals surface area contributed by atoms with E-state index in [9.17, 15) is 8.42 Å². The van der Waals surface area contributed by atoms with E-state index >= 15 is 0 Å². The number of halogens is 1. The van der Waals surface area contributed by atoms with Crippen molar-refractivity contribution in [1.82, 2.24) is 9.71 Å². The van der Waals surface area contributed by atoms with E-state index in [4.69, 9.17) is 11.6 Å². The van der Waals surface area contributed by atoms with E-state index in [-0.39, 0.29) is 4.90 Å². The van der Waals surface area contributed by atoms with Crippen LogP contribution in [0.3, 0.4) is 0 Å². The molecule has 0 fully saturated rings. The molecule has 16 heavy (non-hydrogen) atoms. The molecular formula is C10H9ClN2O2S. The number of rotatable bonds is 2. The van der Waals surface area contributed by atoms with Gasteiger partial charge in [0.15, 0.2) is 0 Å². The van der Waals surface area contributed by atoms with Crippen LogP contribution in [0.5, 0.6) is 0 Å². The Morgan fingerprint density at radius 2 is 2.00 bits per heavy atom. The average molecular weight is 257 g/mol. The van der Waals surface area contributed by atoms with Gasteiger partial charge >= 0.3 is 0 Å². The summed E-state index contributed by atoms with van der Waals surface area (Å²) in [6.45, 7) is 0. The first-order valence-electron chi connectivity index (χ1n) is 4.53. The van der Waals surface area contributed by atoms with Gasteiger partial charge in [0.1, 0.15) is 5.15 Å². The number of aromatic nitrogens is 1. The summed E-state index contributed by atoms with van der Waals surface area (Å²) in [5.41, 5.74) is 0.669. The maximum atomic E-state index is 11.6. The Labute approximate surface area is 98.3 Å². The Morgan fingerprint density at radius 1 is 1.25 bits per heavy atom. The molecule has 2 rings (SSSR count). The number of fused-ring (bicyclic) bond motifs is 1. The molecule has 4 nitrogen and oxygen atoms in total. The second kappa shape index (κ2) is 4.01. The molecule has 0 aliphatic carbocycles. The minimum atomic E-state index is -3.41. The fraction of sp³-hybridized carbons (Fsp3) is 0.100. The Morgan fingerprint density at radius 3 is 2.69 bits per heavy atom. The van der Waals surface area contributed by atoms with Crippen molar-refractivity contribution in [2.24, 2.45) is 0 Å². The van der Waals surface area contributed by atoms with Gasteiger partial charge in [-0.25, -0.2) is 18.1 Å². The number of nitrogens with one attached hydrogen (secondary N) is 1. The van der Waals surface area contributed by atoms with Crippen molar-refractivity contribution in [1.29, 1.82) is 0 Å². The maximum Gasteiger partial charge on any atom is 0.240 e. The standard InChI is InChI=1S/C10H9ClN2O2S/c1-12-16(14,15)8-3-4-9-7(6-8)2-5-10(11)13-9/h2-6,12H,1H3. The molecule has 84 valence electrons. The quantitative estimate of drug-likeness (QED) is 0.834. The molecule has 1 aromatic heterocycles. The van der Waals surface area contributed by atoms with E-state index in [1.54, 1.807) is 24.3 Å². The molecule has 1 aromatic carbocycles. The first kappa shape index (κ1) is 11.3. The molecule has 2 aromatic rings. The second-order valence-electron chi connectivity index (χ2n) is 3.20. The summed E-state index contributed by atoms with van der Waals surface area (Å²) in [6, 6.07) is 8.05. The highest BCUT2D eigenvalue weighted by molar-refractivity contribution is 7.89. The third-order valence-corrected chi connectivity index (χ3v) is 3.83. The van der Waals surface area contributed by atoms with Crippen molar-refractivity contribution >= 4 is 32.5 Å². The van der Waals surface area contributed by atoms with Crippen LogP contribution in [-0.4, -0.2) is 20.4 Å². The zero-order valence-corrected chi connectivity index (χ0v) is 10.0. The predicted molar refractivity (Wildman–Crippen MR) is 63.0 cm³/mol. The van der Waals surface area contributed by atoms with E-state index in [1.165, 1.54) is 13.1 Å². The summed E-state index contributed by atoms with van der Waals surface area (Å²) in [4.78, 5) is 4.29. The summed E-state index contributed by atoms with van der Waals surface area (Å²) in [7, 11) is -2.04. The Bertz CT molecular complexity index is 640. The van der Waals surface area contributed by atoms with Gasteiger partial charge in [-0.2, -0.15) is 0 Å². The van der Waals surface area contributed by atoms with Crippen LogP contribution < -0.4 is 4.72 Å². The van der Waals surface area contributed by atoms with Gasteiger partial charge in [-0.15, -0.1) is 0 Å². The summed E-state index contributed by atoms with van der Waals surface area (Å²) in [6.07, 6.45) is 0. The predicted octanol–water partition coefficient (Wildman–Crippen LogP) is 1.80. The zero-order valence-electron chi connectivity index (χ0n) is 8.44. The average Bonchev–Trinajstić information content (AvgIpc) is 2.28. The van der Waals surface area contributed by atoms with Crippen molar-refractivity contribution in [3.63, 3.8) is 0 Å². The molecule has 0 unspecified atom stereocenters. The Balaban J connectivity index is 2.66. The normalized spacial score (nSPS) is 11.9. The lowest BCUT2D eigenvalue weighted by atomic mass is 10.2. The third-order valence-electron chi connectivity index (χ3n) is 2.21. The summed E-state index contributed by atoms with van der Waals surface area (Å²) in [5.74, 6) is 0. The summed E-state index contributed by atoms with van der Waals surface area (Å²) < 4.78 is 25.4. The van der Waals surface area contributed by atoms with Crippen LogP contribution in [0, 0.1) is 0 Å². The number of hydrogen-bond donors (Lipinski definition) is 1. The molecule has 0 bridgehead atoms. The van der Waals surface area contributed by atoms with Gasteiger partial charge in [-0.3, -0.25) is 0 Å². The van der Waals surface area contributed by atoms with Crippen molar-refractivity contribution in [3.05, 3.63) is 35.5 Å². The molecule has 0 aliphatic rings. The number of sulfonamides is 1. The SMILES string of the molecule is CNS(=O)(=O)c1ccc2nc(Cl)ccc2c1. The lowest BCUT2D eigenvalue weighted by Crippen LogP contribution is -2.18. The number of hydrogen-bond acceptors (Lipinski definition) is 3. The zero-order chi connectivity index (χ0) is 11.8. The summed E-state index contributed by atoms with van der Waals surface area (Å²) in [5, 5.41) is 1.12. The monoisotopic (exact) mass is 256 g/mol. The highest BCUT2D eigenvalue weighted by Crippen LogP contribution is 2.19. The molecule has 6 heteroatoms. The van der Waals surface area contributed by atoms with Crippen LogP contribution in [0.15, 0.2) is 35.2 Å². The Kier molecular flexibility index (Phi) is 2.84. The second-order valence-corrected chi connectivity index (χ2v) is 5.47. The molecule has 0 radical (unpaired) electrons. The fourth-order valence-corrected chi connectivity index (χ4v) is 2.28. The third kappa shape index (κ3) is 2.02. The minimum absolute atomic E-state index is 0.214. The van der Waals surface area contributed by atoms with Crippen LogP contribution in [-0.2, 0) is 10.0 Å². The van der Waals surface area contributed by atoms with E-state index < -0.39 is 10.0 Å². The molecule has 0 spiro atoms. The molecule has 0 saturated heterocycles. The van der Waals surface area contributed by atoms with Crippen LogP contribution in [0.1, 0.15) is 0 Å². The fourth-order valence-electron chi connectivity index (χ4n) is 1.36. The molecular weight excluding hydrogens is 248 g/mol. The Hall–Kier alpha value is -1.17. The molecule has 1 heterocycles. The lowest BCUT2D eigenvalue weighted by molar-refractivity contribution is 0.588. The molecule has 0 aliphatic heterocycles. The van der Waals surface area contributed by atoms with Gasteiger partial charge < -0.3 is 0 Å². The summed E-state index contributed by atoms with van der Waals surface area (Å²) >= 11 is 5.73. The van der Waals surface area contributed by atoms with Crippen molar-refractivity contribution < 1.29 is 8.42 Å². The molecule has 1 N–H and O–H groups in total.